The Hall–Kier alpha value is -2.95. The zero-order valence-corrected chi connectivity index (χ0v) is 18.8. The summed E-state index contributed by atoms with van der Waals surface area (Å²) in [6.45, 7) is 4.22. The summed E-state index contributed by atoms with van der Waals surface area (Å²) in [5, 5.41) is 11.2. The molecule has 0 fully saturated rings. The highest BCUT2D eigenvalue weighted by Gasteiger charge is 2.26. The number of hydrogen-bond acceptors (Lipinski definition) is 7. The van der Waals surface area contributed by atoms with Gasteiger partial charge in [-0.05, 0) is 65.8 Å². The van der Waals surface area contributed by atoms with Crippen LogP contribution in [0.25, 0.3) is 6.08 Å². The minimum absolute atomic E-state index is 0.0268. The van der Waals surface area contributed by atoms with Crippen molar-refractivity contribution in [2.24, 2.45) is 4.99 Å². The van der Waals surface area contributed by atoms with Gasteiger partial charge in [0.1, 0.15) is 0 Å². The van der Waals surface area contributed by atoms with E-state index >= 15 is 0 Å². The molecule has 0 spiro atoms. The number of nitro benzene ring substituents is 1. The number of nitrogens with zero attached hydrogens (tertiary/aromatic N) is 2. The molecule has 3 rings (SSSR count). The molecule has 2 aromatic rings. The average molecular weight is 522 g/mol. The number of ether oxygens (including phenoxy) is 3. The molecule has 8 nitrogen and oxygen atoms in total. The van der Waals surface area contributed by atoms with E-state index in [1.807, 2.05) is 13.0 Å². The number of esters is 1. The lowest BCUT2D eigenvalue weighted by atomic mass is 10.1. The monoisotopic (exact) mass is 522 g/mol. The van der Waals surface area contributed by atoms with E-state index in [1.165, 1.54) is 6.07 Å². The molecule has 1 aliphatic rings. The largest absolute Gasteiger partial charge is 0.493 e. The first-order valence-electron chi connectivity index (χ1n) is 9.12. The third-order valence-electron chi connectivity index (χ3n) is 4.28. The topological polar surface area (TPSA) is 100 Å². The van der Waals surface area contributed by atoms with Crippen LogP contribution in [0, 0.1) is 20.6 Å². The number of methoxy groups -OCH3 is 1. The SMILES string of the molecule is CCCOc1c(I)cc(/C=C2\N=C(c3ccc(C)c([N+](=O)[O-])c3)OC2=O)cc1OC. The molecule has 2 aromatic carbocycles. The Morgan fingerprint density at radius 3 is 2.73 bits per heavy atom. The van der Waals surface area contributed by atoms with Crippen LogP contribution < -0.4 is 9.47 Å². The molecule has 0 saturated carbocycles. The molecule has 9 heteroatoms. The normalized spacial score (nSPS) is 14.5. The van der Waals surface area contributed by atoms with Gasteiger partial charge in [-0.3, -0.25) is 10.1 Å². The van der Waals surface area contributed by atoms with Crippen LogP contribution in [0.2, 0.25) is 0 Å². The summed E-state index contributed by atoms with van der Waals surface area (Å²) >= 11 is 2.14. The van der Waals surface area contributed by atoms with Crippen molar-refractivity contribution in [3.63, 3.8) is 0 Å². The molecule has 0 aliphatic carbocycles. The van der Waals surface area contributed by atoms with E-state index in [9.17, 15) is 14.9 Å². The molecule has 0 N–H and O–H groups in total. The Morgan fingerprint density at radius 2 is 2.07 bits per heavy atom. The smallest absolute Gasteiger partial charge is 0.363 e. The first-order valence-corrected chi connectivity index (χ1v) is 10.2. The van der Waals surface area contributed by atoms with Gasteiger partial charge in [0.25, 0.3) is 5.69 Å². The third-order valence-corrected chi connectivity index (χ3v) is 5.08. The predicted octanol–water partition coefficient (Wildman–Crippen LogP) is 4.65. The van der Waals surface area contributed by atoms with E-state index in [0.717, 1.165) is 9.99 Å². The average Bonchev–Trinajstić information content (AvgIpc) is 3.07. The summed E-state index contributed by atoms with van der Waals surface area (Å²) in [6, 6.07) is 8.16. The molecule has 0 bridgehead atoms. The number of nitro groups is 1. The van der Waals surface area contributed by atoms with Gasteiger partial charge in [-0.25, -0.2) is 9.79 Å². The van der Waals surface area contributed by atoms with Crippen molar-refractivity contribution < 1.29 is 23.9 Å². The zero-order valence-electron chi connectivity index (χ0n) is 16.6. The standard InChI is InChI=1S/C21H19IN2O6/c1-4-7-29-19-15(22)8-13(10-18(19)28-3)9-16-21(25)30-20(23-16)14-6-5-12(2)17(11-14)24(26)27/h5-6,8-11H,4,7H2,1-3H3/b16-9-. The number of rotatable bonds is 7. The van der Waals surface area contributed by atoms with Gasteiger partial charge >= 0.3 is 5.97 Å². The number of halogens is 1. The summed E-state index contributed by atoms with van der Waals surface area (Å²) in [5.74, 6) is 0.589. The lowest BCUT2D eigenvalue weighted by Gasteiger charge is -2.13. The number of aryl methyl sites for hydroxylation is 1. The first-order chi connectivity index (χ1) is 14.3. The molecule has 0 atom stereocenters. The van der Waals surface area contributed by atoms with E-state index in [0.29, 0.717) is 34.8 Å². The van der Waals surface area contributed by atoms with E-state index in [1.54, 1.807) is 38.3 Å². The van der Waals surface area contributed by atoms with Crippen LogP contribution in [0.15, 0.2) is 41.0 Å². The summed E-state index contributed by atoms with van der Waals surface area (Å²) < 4.78 is 17.2. The molecule has 0 aromatic heterocycles. The Morgan fingerprint density at radius 1 is 1.30 bits per heavy atom. The second kappa shape index (κ2) is 9.24. The van der Waals surface area contributed by atoms with Crippen molar-refractivity contribution >= 4 is 46.2 Å². The minimum atomic E-state index is -0.631. The fourth-order valence-electron chi connectivity index (χ4n) is 2.80. The second-order valence-corrected chi connectivity index (χ2v) is 7.64. The van der Waals surface area contributed by atoms with Gasteiger partial charge in [0.05, 0.1) is 22.2 Å². The Balaban J connectivity index is 1.96. The molecular formula is C21H19IN2O6. The molecule has 1 aliphatic heterocycles. The van der Waals surface area contributed by atoms with Crippen LogP contribution >= 0.6 is 22.6 Å². The van der Waals surface area contributed by atoms with Gasteiger partial charge in [0, 0.05) is 17.2 Å². The van der Waals surface area contributed by atoms with Crippen molar-refractivity contribution in [1.82, 2.24) is 0 Å². The Kier molecular flexibility index (Phi) is 6.70. The first kappa shape index (κ1) is 21.8. The van der Waals surface area contributed by atoms with Crippen LogP contribution in [0.5, 0.6) is 11.5 Å². The minimum Gasteiger partial charge on any atom is -0.493 e. The van der Waals surface area contributed by atoms with Crippen molar-refractivity contribution in [2.75, 3.05) is 13.7 Å². The molecule has 0 radical (unpaired) electrons. The van der Waals surface area contributed by atoms with Crippen molar-refractivity contribution in [3.8, 4) is 11.5 Å². The molecule has 0 saturated heterocycles. The van der Waals surface area contributed by atoms with Crippen LogP contribution in [0.1, 0.15) is 30.0 Å². The van der Waals surface area contributed by atoms with Gasteiger partial charge in [0.15, 0.2) is 17.2 Å². The van der Waals surface area contributed by atoms with E-state index in [4.69, 9.17) is 14.2 Å². The molecular weight excluding hydrogens is 503 g/mol. The lowest BCUT2D eigenvalue weighted by molar-refractivity contribution is -0.385. The summed E-state index contributed by atoms with van der Waals surface area (Å²) in [4.78, 5) is 27.2. The molecule has 0 unspecified atom stereocenters. The number of aliphatic imine (C=N–C) groups is 1. The van der Waals surface area contributed by atoms with Crippen LogP contribution in [-0.4, -0.2) is 30.5 Å². The summed E-state index contributed by atoms with van der Waals surface area (Å²) in [5.41, 5.74) is 1.59. The predicted molar refractivity (Wildman–Crippen MR) is 120 cm³/mol. The van der Waals surface area contributed by atoms with Gasteiger partial charge < -0.3 is 14.2 Å². The van der Waals surface area contributed by atoms with Crippen molar-refractivity contribution in [2.45, 2.75) is 20.3 Å². The highest BCUT2D eigenvalue weighted by Crippen LogP contribution is 2.35. The highest BCUT2D eigenvalue weighted by atomic mass is 127. The number of carbonyl (C=O) groups is 1. The molecule has 1 heterocycles. The van der Waals surface area contributed by atoms with Crippen LogP contribution in [0.3, 0.4) is 0 Å². The van der Waals surface area contributed by atoms with E-state index < -0.39 is 10.9 Å². The number of cyclic esters (lactones) is 1. The maximum atomic E-state index is 12.3. The number of carbonyl (C=O) groups excluding carboxylic acids is 1. The zero-order chi connectivity index (χ0) is 21.8. The fraction of sp³-hybridized carbons (Fsp3) is 0.238. The van der Waals surface area contributed by atoms with Crippen LogP contribution in [0.4, 0.5) is 5.69 Å². The molecule has 30 heavy (non-hydrogen) atoms. The van der Waals surface area contributed by atoms with E-state index in [-0.39, 0.29) is 17.3 Å². The third kappa shape index (κ3) is 4.61. The lowest BCUT2D eigenvalue weighted by Crippen LogP contribution is -2.06. The Bertz CT molecular complexity index is 1080. The second-order valence-electron chi connectivity index (χ2n) is 6.48. The maximum absolute atomic E-state index is 12.3. The summed E-state index contributed by atoms with van der Waals surface area (Å²) in [7, 11) is 1.55. The maximum Gasteiger partial charge on any atom is 0.363 e. The van der Waals surface area contributed by atoms with Gasteiger partial charge in [-0.1, -0.05) is 13.0 Å². The fourth-order valence-corrected chi connectivity index (χ4v) is 3.58. The quantitative estimate of drug-likeness (QED) is 0.173. The van der Waals surface area contributed by atoms with Crippen molar-refractivity contribution in [3.05, 3.63) is 66.4 Å². The Labute approximate surface area is 186 Å². The number of benzene rings is 2. The van der Waals surface area contributed by atoms with Gasteiger partial charge in [0.2, 0.25) is 5.90 Å². The van der Waals surface area contributed by atoms with Gasteiger partial charge in [-0.2, -0.15) is 0 Å². The van der Waals surface area contributed by atoms with Crippen LogP contribution in [-0.2, 0) is 9.53 Å². The van der Waals surface area contributed by atoms with Crippen molar-refractivity contribution in [1.29, 1.82) is 0 Å². The summed E-state index contributed by atoms with van der Waals surface area (Å²) in [6.07, 6.45) is 2.44. The molecule has 156 valence electrons. The van der Waals surface area contributed by atoms with Gasteiger partial charge in [-0.15, -0.1) is 0 Å². The highest BCUT2D eigenvalue weighted by molar-refractivity contribution is 14.1. The number of hydrogen-bond donors (Lipinski definition) is 0. The molecule has 0 amide bonds. The van der Waals surface area contributed by atoms with E-state index in [2.05, 4.69) is 27.6 Å².